The van der Waals surface area contributed by atoms with Crippen molar-refractivity contribution in [2.24, 2.45) is 0 Å². The molecule has 3 aromatic carbocycles. The Labute approximate surface area is 262 Å². The summed E-state index contributed by atoms with van der Waals surface area (Å²) in [6.07, 6.45) is -4.98. The Morgan fingerprint density at radius 1 is 1.02 bits per heavy atom. The molecule has 11 nitrogen and oxygen atoms in total. The van der Waals surface area contributed by atoms with Crippen molar-refractivity contribution in [2.75, 3.05) is 30.9 Å². The molecular weight excluding hydrogens is 629 g/mol. The molecule has 1 aliphatic heterocycles. The zero-order valence-electron chi connectivity index (χ0n) is 25.1. The quantitative estimate of drug-likeness (QED) is 0.255. The van der Waals surface area contributed by atoms with E-state index < -0.39 is 58.4 Å². The number of carbonyl (C=O) groups is 1. The van der Waals surface area contributed by atoms with Gasteiger partial charge < -0.3 is 20.3 Å². The molecule has 0 spiro atoms. The van der Waals surface area contributed by atoms with Crippen molar-refractivity contribution < 1.29 is 31.5 Å². The van der Waals surface area contributed by atoms with Crippen LogP contribution in [0.5, 0.6) is 5.75 Å². The van der Waals surface area contributed by atoms with Gasteiger partial charge in [0.05, 0.1) is 48.5 Å². The lowest BCUT2D eigenvalue weighted by Gasteiger charge is -2.28. The van der Waals surface area contributed by atoms with Crippen molar-refractivity contribution in [3.05, 3.63) is 104 Å². The molecule has 6 rings (SSSR count). The second-order valence-electron chi connectivity index (χ2n) is 10.7. The lowest BCUT2D eigenvalue weighted by molar-refractivity contribution is -0.138. The summed E-state index contributed by atoms with van der Waals surface area (Å²) in [7, 11) is 2.88. The second kappa shape index (κ2) is 11.6. The number of amides is 2. The number of nitrogens with one attached hydrogen (secondary N) is 2. The number of carbonyl (C=O) groups excluding carboxylic acids is 1. The lowest BCUT2D eigenvalue weighted by Crippen LogP contribution is -2.40. The summed E-state index contributed by atoms with van der Waals surface area (Å²) in [4.78, 5) is 42.1. The van der Waals surface area contributed by atoms with E-state index >= 15 is 8.78 Å². The molecule has 0 aliphatic carbocycles. The van der Waals surface area contributed by atoms with Crippen molar-refractivity contribution in [1.82, 2.24) is 24.2 Å². The van der Waals surface area contributed by atoms with E-state index in [4.69, 9.17) is 4.74 Å². The number of hydrogen-bond donors (Lipinski definition) is 2. The SMILES string of the molecule is CCNC(=O)Nc1ccc2c(c1)N(C)Cc1c3c(=O)n(-c4cccc(OC)c4F)c(=O)n(Cc4c(F)cccc4C(F)(F)F)c3nn1-2. The molecule has 0 atom stereocenters. The first kappa shape index (κ1) is 31.3. The predicted molar refractivity (Wildman–Crippen MR) is 163 cm³/mol. The van der Waals surface area contributed by atoms with Crippen molar-refractivity contribution in [3.8, 4) is 17.1 Å². The minimum Gasteiger partial charge on any atom is -0.494 e. The number of fused-ring (bicyclic) bond motifs is 5. The summed E-state index contributed by atoms with van der Waals surface area (Å²) in [5.41, 5.74) is -3.67. The van der Waals surface area contributed by atoms with E-state index in [-0.39, 0.29) is 29.0 Å². The molecular formula is C31H26F5N7O4. The first-order valence-corrected chi connectivity index (χ1v) is 14.2. The number of nitrogens with zero attached hydrogens (tertiary/aromatic N) is 5. The highest BCUT2D eigenvalue weighted by Gasteiger charge is 2.36. The fourth-order valence-electron chi connectivity index (χ4n) is 5.66. The number of aromatic nitrogens is 4. The van der Waals surface area contributed by atoms with E-state index in [0.717, 1.165) is 22.8 Å². The number of alkyl halides is 3. The largest absolute Gasteiger partial charge is 0.494 e. The highest BCUT2D eigenvalue weighted by Crippen LogP contribution is 2.37. The second-order valence-corrected chi connectivity index (χ2v) is 10.7. The maximum Gasteiger partial charge on any atom is 0.416 e. The molecule has 2 N–H and O–H groups in total. The van der Waals surface area contributed by atoms with Gasteiger partial charge in [0, 0.05) is 24.8 Å². The van der Waals surface area contributed by atoms with E-state index in [2.05, 4.69) is 15.7 Å². The standard InChI is InChI=1S/C31H26F5N7O4/c1-4-37-29(45)38-16-11-12-20-22(13-16)40(2)15-23-25-27(39-43(20)23)41(14-17-18(31(34,35)36)7-5-8-19(17)32)30(46)42(28(25)44)21-9-6-10-24(47-3)26(21)33/h5-13H,4,14-15H2,1-3H3,(H2,37,38,45). The summed E-state index contributed by atoms with van der Waals surface area (Å²) in [6, 6.07) is 10.5. The number of anilines is 2. The van der Waals surface area contributed by atoms with Gasteiger partial charge in [-0.2, -0.15) is 13.2 Å². The Bertz CT molecular complexity index is 2190. The van der Waals surface area contributed by atoms with E-state index in [1.807, 2.05) is 0 Å². The predicted octanol–water partition coefficient (Wildman–Crippen LogP) is 4.78. The Morgan fingerprint density at radius 3 is 2.47 bits per heavy atom. The van der Waals surface area contributed by atoms with Crippen LogP contribution < -0.4 is 31.5 Å². The summed E-state index contributed by atoms with van der Waals surface area (Å²) < 4.78 is 80.2. The van der Waals surface area contributed by atoms with Crippen LogP contribution in [0, 0.1) is 11.6 Å². The first-order valence-electron chi connectivity index (χ1n) is 14.2. The molecule has 47 heavy (non-hydrogen) atoms. The van der Waals surface area contributed by atoms with Gasteiger partial charge in [0.15, 0.2) is 17.2 Å². The molecule has 0 unspecified atom stereocenters. The maximum absolute atomic E-state index is 15.6. The van der Waals surface area contributed by atoms with Crippen molar-refractivity contribution in [1.29, 1.82) is 0 Å². The van der Waals surface area contributed by atoms with Gasteiger partial charge >= 0.3 is 17.9 Å². The third-order valence-electron chi connectivity index (χ3n) is 7.80. The minimum atomic E-state index is -4.98. The summed E-state index contributed by atoms with van der Waals surface area (Å²) in [5, 5.41) is 9.62. The molecule has 3 heterocycles. The van der Waals surface area contributed by atoms with Gasteiger partial charge in [-0.05, 0) is 49.4 Å². The monoisotopic (exact) mass is 655 g/mol. The van der Waals surface area contributed by atoms with Gasteiger partial charge in [0.1, 0.15) is 11.2 Å². The molecule has 2 amide bonds. The molecule has 0 radical (unpaired) electrons. The number of hydrogen-bond acceptors (Lipinski definition) is 6. The molecule has 2 aromatic heterocycles. The maximum atomic E-state index is 15.6. The van der Waals surface area contributed by atoms with Crippen molar-refractivity contribution >= 4 is 28.4 Å². The minimum absolute atomic E-state index is 0.00957. The van der Waals surface area contributed by atoms with Crippen LogP contribution in [0.25, 0.3) is 22.4 Å². The van der Waals surface area contributed by atoms with Crippen LogP contribution in [0.3, 0.4) is 0 Å². The summed E-state index contributed by atoms with van der Waals surface area (Å²) in [6.45, 7) is 1.18. The lowest BCUT2D eigenvalue weighted by atomic mass is 10.1. The third kappa shape index (κ3) is 5.24. The molecule has 0 bridgehead atoms. The molecule has 5 aromatic rings. The first-order chi connectivity index (χ1) is 22.3. The van der Waals surface area contributed by atoms with Crippen LogP contribution in [0.1, 0.15) is 23.7 Å². The summed E-state index contributed by atoms with van der Waals surface area (Å²) in [5.74, 6) is -2.61. The molecule has 0 fully saturated rings. The van der Waals surface area contributed by atoms with Crippen molar-refractivity contribution in [2.45, 2.75) is 26.2 Å². The molecule has 16 heteroatoms. The van der Waals surface area contributed by atoms with Gasteiger partial charge in [0.2, 0.25) is 0 Å². The molecule has 1 aliphatic rings. The number of urea groups is 1. The number of benzene rings is 3. The Morgan fingerprint density at radius 2 is 1.77 bits per heavy atom. The fraction of sp³-hybridized carbons (Fsp3) is 0.226. The van der Waals surface area contributed by atoms with Crippen LogP contribution >= 0.6 is 0 Å². The highest BCUT2D eigenvalue weighted by molar-refractivity contribution is 5.91. The zero-order valence-corrected chi connectivity index (χ0v) is 25.1. The number of methoxy groups -OCH3 is 1. The molecule has 244 valence electrons. The van der Waals surface area contributed by atoms with Gasteiger partial charge in [-0.15, -0.1) is 5.10 Å². The van der Waals surface area contributed by atoms with Gasteiger partial charge in [0.25, 0.3) is 5.56 Å². The number of ether oxygens (including phenoxy) is 1. The van der Waals surface area contributed by atoms with Crippen LogP contribution in [0.2, 0.25) is 0 Å². The van der Waals surface area contributed by atoms with E-state index in [0.29, 0.717) is 34.2 Å². The van der Waals surface area contributed by atoms with Crippen LogP contribution in [-0.2, 0) is 19.3 Å². The average molecular weight is 656 g/mol. The Balaban J connectivity index is 1.65. The molecule has 0 saturated heterocycles. The topological polar surface area (TPSA) is 115 Å². The van der Waals surface area contributed by atoms with Crippen LogP contribution in [0.4, 0.5) is 38.1 Å². The third-order valence-corrected chi connectivity index (χ3v) is 7.80. The van der Waals surface area contributed by atoms with Crippen LogP contribution in [0.15, 0.2) is 64.2 Å². The Hall–Kier alpha value is -5.67. The average Bonchev–Trinajstić information content (AvgIpc) is 3.40. The number of halogens is 5. The zero-order chi connectivity index (χ0) is 33.8. The van der Waals surface area contributed by atoms with E-state index in [1.54, 1.807) is 37.1 Å². The Kier molecular flexibility index (Phi) is 7.73. The van der Waals surface area contributed by atoms with Crippen LogP contribution in [-0.4, -0.2) is 45.6 Å². The fourth-order valence-corrected chi connectivity index (χ4v) is 5.66. The number of rotatable bonds is 6. The summed E-state index contributed by atoms with van der Waals surface area (Å²) >= 11 is 0. The van der Waals surface area contributed by atoms with E-state index in [9.17, 15) is 27.6 Å². The van der Waals surface area contributed by atoms with Gasteiger partial charge in [-0.1, -0.05) is 12.1 Å². The highest BCUT2D eigenvalue weighted by atomic mass is 19.4. The normalized spacial score (nSPS) is 12.6. The van der Waals surface area contributed by atoms with Crippen molar-refractivity contribution in [3.63, 3.8) is 0 Å². The van der Waals surface area contributed by atoms with Gasteiger partial charge in [-0.3, -0.25) is 9.36 Å². The smallest absolute Gasteiger partial charge is 0.416 e. The molecule has 0 saturated carbocycles. The van der Waals surface area contributed by atoms with E-state index in [1.165, 1.54) is 23.9 Å². The van der Waals surface area contributed by atoms with Gasteiger partial charge in [-0.25, -0.2) is 27.6 Å².